The van der Waals surface area contributed by atoms with Gasteiger partial charge in [0.15, 0.2) is 0 Å². The van der Waals surface area contributed by atoms with Gasteiger partial charge in [0, 0.05) is 5.02 Å². The summed E-state index contributed by atoms with van der Waals surface area (Å²) >= 11 is 5.83. The molecule has 1 aromatic rings. The highest BCUT2D eigenvalue weighted by Crippen LogP contribution is 2.38. The highest BCUT2D eigenvalue weighted by molar-refractivity contribution is 6.30. The van der Waals surface area contributed by atoms with Crippen LogP contribution in [0.15, 0.2) is 18.2 Å². The summed E-state index contributed by atoms with van der Waals surface area (Å²) in [4.78, 5) is 0. The summed E-state index contributed by atoms with van der Waals surface area (Å²) in [6.45, 7) is 2.22. The summed E-state index contributed by atoms with van der Waals surface area (Å²) in [6.07, 6.45) is 5.01. The predicted octanol–water partition coefficient (Wildman–Crippen LogP) is 4.73. The smallest absolute Gasteiger partial charge is 0.125 e. The van der Waals surface area contributed by atoms with Crippen LogP contribution in [-0.2, 0) is 0 Å². The van der Waals surface area contributed by atoms with Crippen LogP contribution in [0.25, 0.3) is 0 Å². The lowest BCUT2D eigenvalue weighted by atomic mass is 9.77. The summed E-state index contributed by atoms with van der Waals surface area (Å²) in [7, 11) is 0. The van der Waals surface area contributed by atoms with Crippen molar-refractivity contribution in [3.63, 3.8) is 0 Å². The van der Waals surface area contributed by atoms with E-state index in [0.717, 1.165) is 18.8 Å². The number of aliphatic hydroxyl groups is 1. The molecule has 1 atom stereocenters. The van der Waals surface area contributed by atoms with Gasteiger partial charge in [-0.2, -0.15) is 0 Å². The van der Waals surface area contributed by atoms with E-state index in [1.165, 1.54) is 31.4 Å². The van der Waals surface area contributed by atoms with E-state index in [-0.39, 0.29) is 11.7 Å². The third-order valence-corrected chi connectivity index (χ3v) is 4.36. The Bertz CT molecular complexity index is 379. The first-order valence-corrected chi connectivity index (χ1v) is 7.12. The van der Waals surface area contributed by atoms with Crippen LogP contribution in [0.5, 0.6) is 0 Å². The summed E-state index contributed by atoms with van der Waals surface area (Å²) < 4.78 is 13.3. The predicted molar refractivity (Wildman–Crippen MR) is 72.1 cm³/mol. The Morgan fingerprint density at radius 2 is 1.94 bits per heavy atom. The van der Waals surface area contributed by atoms with E-state index >= 15 is 0 Å². The quantitative estimate of drug-likeness (QED) is 0.842. The molecular weight excluding hydrogens is 251 g/mol. The lowest BCUT2D eigenvalue weighted by Crippen LogP contribution is -2.20. The van der Waals surface area contributed by atoms with Gasteiger partial charge in [0.1, 0.15) is 5.82 Å². The van der Waals surface area contributed by atoms with E-state index < -0.39 is 6.10 Å². The molecule has 1 aliphatic carbocycles. The monoisotopic (exact) mass is 270 g/mol. The fourth-order valence-electron chi connectivity index (χ4n) is 2.93. The molecule has 18 heavy (non-hydrogen) atoms. The van der Waals surface area contributed by atoms with Crippen LogP contribution in [0.3, 0.4) is 0 Å². The van der Waals surface area contributed by atoms with Gasteiger partial charge >= 0.3 is 0 Å². The van der Waals surface area contributed by atoms with Crippen LogP contribution in [0.2, 0.25) is 5.02 Å². The number of hydrogen-bond acceptors (Lipinski definition) is 1. The summed E-state index contributed by atoms with van der Waals surface area (Å²) in [5, 5.41) is 10.7. The molecule has 1 N–H and O–H groups in total. The molecule has 0 saturated heterocycles. The minimum absolute atomic E-state index is 0.241. The van der Waals surface area contributed by atoms with E-state index in [4.69, 9.17) is 11.6 Å². The van der Waals surface area contributed by atoms with Crippen molar-refractivity contribution < 1.29 is 9.50 Å². The summed E-state index contributed by atoms with van der Waals surface area (Å²) in [6, 6.07) is 4.33. The van der Waals surface area contributed by atoms with Crippen LogP contribution in [0.4, 0.5) is 4.39 Å². The van der Waals surface area contributed by atoms with Gasteiger partial charge in [0.05, 0.1) is 6.10 Å². The third-order valence-electron chi connectivity index (χ3n) is 4.14. The van der Waals surface area contributed by atoms with Crippen molar-refractivity contribution in [3.8, 4) is 0 Å². The fraction of sp³-hybridized carbons (Fsp3) is 0.600. The second-order valence-corrected chi connectivity index (χ2v) is 5.77. The SMILES string of the molecule is CCC1CCC(C(O)c2cc(F)cc(Cl)c2)CC1. The topological polar surface area (TPSA) is 20.2 Å². The molecule has 0 radical (unpaired) electrons. The van der Waals surface area contributed by atoms with Gasteiger partial charge in [-0.05, 0) is 48.4 Å². The number of rotatable bonds is 3. The molecule has 0 aliphatic heterocycles. The maximum Gasteiger partial charge on any atom is 0.125 e. The lowest BCUT2D eigenvalue weighted by Gasteiger charge is -2.31. The molecule has 1 aromatic carbocycles. The van der Waals surface area contributed by atoms with Crippen molar-refractivity contribution in [2.24, 2.45) is 11.8 Å². The zero-order valence-electron chi connectivity index (χ0n) is 10.7. The minimum Gasteiger partial charge on any atom is -0.388 e. The van der Waals surface area contributed by atoms with Crippen LogP contribution >= 0.6 is 11.6 Å². The molecule has 0 spiro atoms. The lowest BCUT2D eigenvalue weighted by molar-refractivity contribution is 0.0727. The fourth-order valence-corrected chi connectivity index (χ4v) is 3.16. The standard InChI is InChI=1S/C15H20ClFO/c1-2-10-3-5-11(6-4-10)15(18)12-7-13(16)9-14(17)8-12/h7-11,15,18H,2-6H2,1H3. The normalized spacial score (nSPS) is 26.0. The highest BCUT2D eigenvalue weighted by Gasteiger charge is 2.27. The molecule has 0 amide bonds. The molecule has 2 rings (SSSR count). The van der Waals surface area contributed by atoms with Crippen molar-refractivity contribution in [1.29, 1.82) is 0 Å². The molecule has 1 unspecified atom stereocenters. The van der Waals surface area contributed by atoms with Gasteiger partial charge in [-0.1, -0.05) is 37.8 Å². The first kappa shape index (κ1) is 13.8. The Morgan fingerprint density at radius 3 is 2.50 bits per heavy atom. The van der Waals surface area contributed by atoms with Crippen LogP contribution in [0.1, 0.15) is 50.7 Å². The summed E-state index contributed by atoms with van der Waals surface area (Å²) in [5.41, 5.74) is 0.611. The zero-order valence-corrected chi connectivity index (χ0v) is 11.5. The van der Waals surface area contributed by atoms with E-state index in [1.54, 1.807) is 6.07 Å². The Kier molecular flexibility index (Phi) is 4.63. The van der Waals surface area contributed by atoms with E-state index in [1.807, 2.05) is 0 Å². The molecule has 1 fully saturated rings. The average molecular weight is 271 g/mol. The van der Waals surface area contributed by atoms with Crippen LogP contribution < -0.4 is 0 Å². The van der Waals surface area contributed by atoms with Gasteiger partial charge in [-0.25, -0.2) is 4.39 Å². The van der Waals surface area contributed by atoms with Crippen molar-refractivity contribution in [2.75, 3.05) is 0 Å². The van der Waals surface area contributed by atoms with Crippen molar-refractivity contribution in [3.05, 3.63) is 34.6 Å². The maximum atomic E-state index is 13.3. The second-order valence-electron chi connectivity index (χ2n) is 5.34. The van der Waals surface area contributed by atoms with Crippen molar-refractivity contribution >= 4 is 11.6 Å². The number of hydrogen-bond donors (Lipinski definition) is 1. The highest BCUT2D eigenvalue weighted by atomic mass is 35.5. The minimum atomic E-state index is -0.587. The molecule has 0 heterocycles. The first-order chi connectivity index (χ1) is 8.60. The Hall–Kier alpha value is -0.600. The molecule has 1 aliphatic rings. The molecule has 100 valence electrons. The van der Waals surface area contributed by atoms with Crippen molar-refractivity contribution in [2.45, 2.75) is 45.1 Å². The molecular formula is C15H20ClFO. The van der Waals surface area contributed by atoms with E-state index in [2.05, 4.69) is 6.92 Å². The van der Waals surface area contributed by atoms with Crippen molar-refractivity contribution in [1.82, 2.24) is 0 Å². The van der Waals surface area contributed by atoms with Gasteiger partial charge < -0.3 is 5.11 Å². The Morgan fingerprint density at radius 1 is 1.28 bits per heavy atom. The largest absolute Gasteiger partial charge is 0.388 e. The first-order valence-electron chi connectivity index (χ1n) is 6.74. The molecule has 1 saturated carbocycles. The van der Waals surface area contributed by atoms with Gasteiger partial charge in [-0.15, -0.1) is 0 Å². The molecule has 1 nitrogen and oxygen atoms in total. The van der Waals surface area contributed by atoms with Crippen LogP contribution in [-0.4, -0.2) is 5.11 Å². The van der Waals surface area contributed by atoms with Gasteiger partial charge in [0.25, 0.3) is 0 Å². The second kappa shape index (κ2) is 6.03. The summed E-state index contributed by atoms with van der Waals surface area (Å²) in [5.74, 6) is 0.661. The number of aliphatic hydroxyl groups excluding tert-OH is 1. The van der Waals surface area contributed by atoms with E-state index in [0.29, 0.717) is 10.6 Å². The molecule has 0 aromatic heterocycles. The Labute approximate surface area is 113 Å². The molecule has 0 bridgehead atoms. The zero-order chi connectivity index (χ0) is 13.1. The number of halogens is 2. The van der Waals surface area contributed by atoms with Gasteiger partial charge in [0.2, 0.25) is 0 Å². The van der Waals surface area contributed by atoms with E-state index in [9.17, 15) is 9.50 Å². The Balaban J connectivity index is 2.05. The third kappa shape index (κ3) is 3.24. The maximum absolute atomic E-state index is 13.3. The molecule has 3 heteroatoms. The average Bonchev–Trinajstić information content (AvgIpc) is 2.37. The van der Waals surface area contributed by atoms with Crippen LogP contribution in [0, 0.1) is 17.7 Å². The van der Waals surface area contributed by atoms with Gasteiger partial charge in [-0.3, -0.25) is 0 Å². The number of benzene rings is 1.